The van der Waals surface area contributed by atoms with E-state index in [0.717, 1.165) is 12.8 Å². The molecule has 0 atom stereocenters. The molecule has 0 bridgehead atoms. The first-order valence-corrected chi connectivity index (χ1v) is 5.19. The van der Waals surface area contributed by atoms with Gasteiger partial charge in [-0.2, -0.15) is 4.39 Å². The number of carbonyl (C=O) groups excluding carboxylic acids is 1. The van der Waals surface area contributed by atoms with Gasteiger partial charge in [0.2, 0.25) is 5.82 Å². The Hall–Kier alpha value is -1.58. The maximum Gasteiger partial charge on any atom is 0.207 e. The molecule has 1 aromatic carbocycles. The highest BCUT2D eigenvalue weighted by atomic mass is 19.1. The number of rotatable bonds is 6. The van der Waals surface area contributed by atoms with Crippen molar-refractivity contribution in [2.75, 3.05) is 13.7 Å². The molecule has 0 aliphatic carbocycles. The Balaban J connectivity index is 2.90. The minimum absolute atomic E-state index is 0.0657. The van der Waals surface area contributed by atoms with Crippen molar-refractivity contribution in [3.8, 4) is 11.5 Å². The molecule has 0 aromatic heterocycles. The molecular weight excluding hydrogens is 211 g/mol. The molecule has 0 unspecified atom stereocenters. The summed E-state index contributed by atoms with van der Waals surface area (Å²) >= 11 is 0. The van der Waals surface area contributed by atoms with Gasteiger partial charge in [0.25, 0.3) is 0 Å². The molecule has 0 saturated carbocycles. The van der Waals surface area contributed by atoms with E-state index in [9.17, 15) is 9.18 Å². The molecule has 0 spiro atoms. The van der Waals surface area contributed by atoms with E-state index in [0.29, 0.717) is 12.9 Å². The molecule has 3 nitrogen and oxygen atoms in total. The summed E-state index contributed by atoms with van der Waals surface area (Å²) in [5, 5.41) is 0. The van der Waals surface area contributed by atoms with E-state index in [1.807, 2.05) is 6.92 Å². The van der Waals surface area contributed by atoms with E-state index in [2.05, 4.69) is 0 Å². The van der Waals surface area contributed by atoms with Gasteiger partial charge in [-0.3, -0.25) is 4.79 Å². The number of unbranched alkanes of at least 4 members (excludes halogenated alkanes) is 1. The molecule has 1 aromatic rings. The van der Waals surface area contributed by atoms with E-state index in [-0.39, 0.29) is 17.1 Å². The lowest BCUT2D eigenvalue weighted by Crippen LogP contribution is -2.02. The summed E-state index contributed by atoms with van der Waals surface area (Å²) in [5.74, 6) is -0.567. The fourth-order valence-corrected chi connectivity index (χ4v) is 1.29. The molecule has 16 heavy (non-hydrogen) atoms. The van der Waals surface area contributed by atoms with Gasteiger partial charge in [-0.25, -0.2) is 0 Å². The van der Waals surface area contributed by atoms with Crippen LogP contribution in [0.4, 0.5) is 4.39 Å². The number of benzene rings is 1. The average molecular weight is 226 g/mol. The lowest BCUT2D eigenvalue weighted by Gasteiger charge is -2.10. The number of halogens is 1. The molecule has 0 N–H and O–H groups in total. The van der Waals surface area contributed by atoms with Crippen LogP contribution in [-0.4, -0.2) is 20.0 Å². The van der Waals surface area contributed by atoms with E-state index in [1.165, 1.54) is 19.2 Å². The summed E-state index contributed by atoms with van der Waals surface area (Å²) in [6.07, 6.45) is 2.39. The van der Waals surface area contributed by atoms with E-state index in [4.69, 9.17) is 9.47 Å². The van der Waals surface area contributed by atoms with Gasteiger partial charge in [-0.15, -0.1) is 0 Å². The van der Waals surface area contributed by atoms with Crippen LogP contribution in [-0.2, 0) is 0 Å². The van der Waals surface area contributed by atoms with Crippen molar-refractivity contribution >= 4 is 6.29 Å². The Morgan fingerprint density at radius 2 is 2.19 bits per heavy atom. The normalized spacial score (nSPS) is 9.94. The van der Waals surface area contributed by atoms with Crippen LogP contribution in [0.15, 0.2) is 12.1 Å². The Kier molecular flexibility index (Phi) is 4.76. The smallest absolute Gasteiger partial charge is 0.207 e. The second-order valence-corrected chi connectivity index (χ2v) is 3.32. The molecule has 0 fully saturated rings. The molecule has 0 amide bonds. The van der Waals surface area contributed by atoms with Crippen molar-refractivity contribution in [1.29, 1.82) is 0 Å². The third-order valence-corrected chi connectivity index (χ3v) is 2.18. The van der Waals surface area contributed by atoms with Crippen molar-refractivity contribution in [3.63, 3.8) is 0 Å². The minimum Gasteiger partial charge on any atom is -0.493 e. The highest BCUT2D eigenvalue weighted by molar-refractivity contribution is 5.80. The van der Waals surface area contributed by atoms with Gasteiger partial charge in [-0.1, -0.05) is 13.3 Å². The van der Waals surface area contributed by atoms with Crippen LogP contribution in [0.1, 0.15) is 30.1 Å². The molecule has 0 aliphatic rings. The molecule has 1 rings (SSSR count). The number of hydrogen-bond donors (Lipinski definition) is 0. The summed E-state index contributed by atoms with van der Waals surface area (Å²) in [4.78, 5) is 10.6. The van der Waals surface area contributed by atoms with Crippen molar-refractivity contribution < 1.29 is 18.7 Å². The minimum atomic E-state index is -0.622. The maximum atomic E-state index is 13.7. The van der Waals surface area contributed by atoms with Gasteiger partial charge in [-0.05, 0) is 18.6 Å². The molecule has 0 radical (unpaired) electrons. The third-order valence-electron chi connectivity index (χ3n) is 2.18. The molecule has 88 valence electrons. The first kappa shape index (κ1) is 12.5. The third kappa shape index (κ3) is 2.72. The molecule has 0 saturated heterocycles. The Morgan fingerprint density at radius 1 is 1.44 bits per heavy atom. The standard InChI is InChI=1S/C12H15FO3/c1-3-4-7-16-10-6-5-9(8-14)12(15-2)11(10)13/h5-6,8H,3-4,7H2,1-2H3. The SMILES string of the molecule is CCCCOc1ccc(C=O)c(OC)c1F. The maximum absolute atomic E-state index is 13.7. The van der Waals surface area contributed by atoms with Crippen LogP contribution in [0.2, 0.25) is 0 Å². The highest BCUT2D eigenvalue weighted by Crippen LogP contribution is 2.29. The van der Waals surface area contributed by atoms with Crippen molar-refractivity contribution in [1.82, 2.24) is 0 Å². The fourth-order valence-electron chi connectivity index (χ4n) is 1.29. The summed E-state index contributed by atoms with van der Waals surface area (Å²) in [6, 6.07) is 2.92. The largest absolute Gasteiger partial charge is 0.493 e. The zero-order chi connectivity index (χ0) is 12.0. The Morgan fingerprint density at radius 3 is 2.75 bits per heavy atom. The predicted octanol–water partition coefficient (Wildman–Crippen LogP) is 2.83. The first-order valence-electron chi connectivity index (χ1n) is 5.19. The first-order chi connectivity index (χ1) is 7.74. The Labute approximate surface area is 94.2 Å². The topological polar surface area (TPSA) is 35.5 Å². The molecule has 0 heterocycles. The van der Waals surface area contributed by atoms with Gasteiger partial charge < -0.3 is 9.47 Å². The molecular formula is C12H15FO3. The van der Waals surface area contributed by atoms with E-state index in [1.54, 1.807) is 0 Å². The summed E-state index contributed by atoms with van der Waals surface area (Å²) in [6.45, 7) is 2.48. The summed E-state index contributed by atoms with van der Waals surface area (Å²) in [5.41, 5.74) is 0.183. The van der Waals surface area contributed by atoms with Gasteiger partial charge in [0.1, 0.15) is 0 Å². The van der Waals surface area contributed by atoms with Crippen molar-refractivity contribution in [2.24, 2.45) is 0 Å². The number of carbonyl (C=O) groups is 1. The van der Waals surface area contributed by atoms with E-state index >= 15 is 0 Å². The predicted molar refractivity (Wildman–Crippen MR) is 58.7 cm³/mol. The lowest BCUT2D eigenvalue weighted by atomic mass is 10.2. The lowest BCUT2D eigenvalue weighted by molar-refractivity contribution is 0.111. The Bertz CT molecular complexity index is 364. The van der Waals surface area contributed by atoms with Crippen LogP contribution >= 0.6 is 0 Å². The van der Waals surface area contributed by atoms with Gasteiger partial charge in [0, 0.05) is 0 Å². The average Bonchev–Trinajstić information content (AvgIpc) is 2.31. The number of methoxy groups -OCH3 is 1. The van der Waals surface area contributed by atoms with Crippen LogP contribution in [0.3, 0.4) is 0 Å². The van der Waals surface area contributed by atoms with Crippen LogP contribution in [0.5, 0.6) is 11.5 Å². The van der Waals surface area contributed by atoms with Crippen molar-refractivity contribution in [2.45, 2.75) is 19.8 Å². The van der Waals surface area contributed by atoms with Crippen LogP contribution in [0, 0.1) is 5.82 Å². The quantitative estimate of drug-likeness (QED) is 0.552. The highest BCUT2D eigenvalue weighted by Gasteiger charge is 2.14. The van der Waals surface area contributed by atoms with Gasteiger partial charge >= 0.3 is 0 Å². The zero-order valence-corrected chi connectivity index (χ0v) is 9.46. The van der Waals surface area contributed by atoms with Gasteiger partial charge in [0.05, 0.1) is 19.3 Å². The summed E-state index contributed by atoms with van der Waals surface area (Å²) < 4.78 is 23.8. The number of aldehydes is 1. The monoisotopic (exact) mass is 226 g/mol. The number of ether oxygens (including phenoxy) is 2. The van der Waals surface area contributed by atoms with Crippen LogP contribution < -0.4 is 9.47 Å². The summed E-state index contributed by atoms with van der Waals surface area (Å²) in [7, 11) is 1.32. The zero-order valence-electron chi connectivity index (χ0n) is 9.46. The van der Waals surface area contributed by atoms with Crippen molar-refractivity contribution in [3.05, 3.63) is 23.5 Å². The second kappa shape index (κ2) is 6.10. The molecule has 4 heteroatoms. The van der Waals surface area contributed by atoms with Gasteiger partial charge in [0.15, 0.2) is 17.8 Å². The second-order valence-electron chi connectivity index (χ2n) is 3.32. The van der Waals surface area contributed by atoms with Crippen LogP contribution in [0.25, 0.3) is 0 Å². The number of hydrogen-bond acceptors (Lipinski definition) is 3. The fraction of sp³-hybridized carbons (Fsp3) is 0.417. The molecule has 0 aliphatic heterocycles. The van der Waals surface area contributed by atoms with E-state index < -0.39 is 5.82 Å².